The second kappa shape index (κ2) is 8.68. The average Bonchev–Trinajstić information content (AvgIpc) is 2.73. The Morgan fingerprint density at radius 2 is 1.77 bits per heavy atom. The van der Waals surface area contributed by atoms with Gasteiger partial charge in [-0.2, -0.15) is 13.2 Å². The number of benzene rings is 2. The van der Waals surface area contributed by atoms with E-state index in [9.17, 15) is 18.0 Å². The normalized spacial score (nSPS) is 20.0. The Bertz CT molecular complexity index is 899. The van der Waals surface area contributed by atoms with E-state index in [1.807, 2.05) is 0 Å². The minimum atomic E-state index is -4.50. The number of likely N-dealkylation sites (tertiary alicyclic amines) is 1. The van der Waals surface area contributed by atoms with Crippen molar-refractivity contribution in [2.75, 3.05) is 31.5 Å². The molecule has 2 aliphatic rings. The molecule has 1 N–H and O–H groups in total. The minimum Gasteiger partial charge on any atom is -0.324 e. The van der Waals surface area contributed by atoms with Crippen LogP contribution in [0.15, 0.2) is 48.5 Å². The molecule has 0 spiro atoms. The Hall–Kier alpha value is -2.54. The van der Waals surface area contributed by atoms with Gasteiger partial charge in [-0.25, -0.2) is 4.79 Å². The molecule has 2 amide bonds. The maximum absolute atomic E-state index is 13.2. The van der Waals surface area contributed by atoms with E-state index in [1.165, 1.54) is 29.3 Å². The fraction of sp³-hybridized carbons (Fsp3) is 0.435. The zero-order chi connectivity index (χ0) is 21.1. The molecule has 2 aliphatic heterocycles. The summed E-state index contributed by atoms with van der Waals surface area (Å²) in [7, 11) is 0. The maximum atomic E-state index is 13.2. The maximum Gasteiger partial charge on any atom is 0.418 e. The topological polar surface area (TPSA) is 35.6 Å². The third kappa shape index (κ3) is 4.78. The van der Waals surface area contributed by atoms with Crippen LogP contribution in [-0.4, -0.2) is 42.0 Å². The first-order valence-corrected chi connectivity index (χ1v) is 10.4. The molecule has 7 heteroatoms. The minimum absolute atomic E-state index is 0.190. The van der Waals surface area contributed by atoms with Gasteiger partial charge in [-0.3, -0.25) is 4.90 Å². The number of urea groups is 1. The van der Waals surface area contributed by atoms with Crippen molar-refractivity contribution in [3.8, 4) is 0 Å². The number of nitrogens with zero attached hydrogens (tertiary/aromatic N) is 2. The highest BCUT2D eigenvalue weighted by Crippen LogP contribution is 2.34. The van der Waals surface area contributed by atoms with Gasteiger partial charge < -0.3 is 10.2 Å². The van der Waals surface area contributed by atoms with Crippen LogP contribution in [-0.2, 0) is 19.1 Å². The number of carbonyl (C=O) groups is 1. The van der Waals surface area contributed by atoms with Gasteiger partial charge in [0.05, 0.1) is 11.3 Å². The average molecular weight is 417 g/mol. The molecule has 2 aromatic rings. The Morgan fingerprint density at radius 3 is 2.57 bits per heavy atom. The number of anilines is 1. The van der Waals surface area contributed by atoms with Crippen LogP contribution >= 0.6 is 0 Å². The van der Waals surface area contributed by atoms with E-state index in [-0.39, 0.29) is 5.69 Å². The monoisotopic (exact) mass is 417 g/mol. The highest BCUT2D eigenvalue weighted by Gasteiger charge is 2.34. The molecule has 1 atom stereocenters. The lowest BCUT2D eigenvalue weighted by molar-refractivity contribution is -0.136. The molecule has 0 aromatic heterocycles. The van der Waals surface area contributed by atoms with E-state index in [0.29, 0.717) is 19.0 Å². The van der Waals surface area contributed by atoms with Crippen LogP contribution in [0.2, 0.25) is 0 Å². The molecule has 160 valence electrons. The molecule has 1 fully saturated rings. The summed E-state index contributed by atoms with van der Waals surface area (Å²) >= 11 is 0. The smallest absolute Gasteiger partial charge is 0.324 e. The fourth-order valence-corrected chi connectivity index (χ4v) is 4.51. The van der Waals surface area contributed by atoms with E-state index >= 15 is 0 Å². The largest absolute Gasteiger partial charge is 0.418 e. The van der Waals surface area contributed by atoms with Crippen molar-refractivity contribution >= 4 is 11.7 Å². The number of para-hydroxylation sites is 1. The van der Waals surface area contributed by atoms with Crippen molar-refractivity contribution in [1.29, 1.82) is 0 Å². The lowest BCUT2D eigenvalue weighted by Gasteiger charge is -2.37. The second-order valence-electron chi connectivity index (χ2n) is 8.18. The second-order valence-corrected chi connectivity index (χ2v) is 8.18. The van der Waals surface area contributed by atoms with Crippen LogP contribution in [0.5, 0.6) is 0 Å². The molecule has 0 bridgehead atoms. The summed E-state index contributed by atoms with van der Waals surface area (Å²) in [6.45, 7) is 3.95. The predicted octanol–water partition coefficient (Wildman–Crippen LogP) is 5.01. The van der Waals surface area contributed by atoms with Crippen LogP contribution in [0.3, 0.4) is 0 Å². The van der Waals surface area contributed by atoms with Crippen molar-refractivity contribution < 1.29 is 18.0 Å². The number of carbonyl (C=O) groups excluding carboxylic acids is 1. The van der Waals surface area contributed by atoms with E-state index in [2.05, 4.69) is 34.5 Å². The van der Waals surface area contributed by atoms with Crippen LogP contribution in [0, 0.1) is 5.92 Å². The summed E-state index contributed by atoms with van der Waals surface area (Å²) < 4.78 is 39.6. The molecular formula is C23H26F3N3O. The number of nitrogens with one attached hydrogen (secondary N) is 1. The van der Waals surface area contributed by atoms with E-state index < -0.39 is 17.8 Å². The third-order valence-corrected chi connectivity index (χ3v) is 6.01. The van der Waals surface area contributed by atoms with E-state index in [0.717, 1.165) is 45.0 Å². The molecule has 0 radical (unpaired) electrons. The predicted molar refractivity (Wildman–Crippen MR) is 110 cm³/mol. The molecule has 0 aliphatic carbocycles. The molecule has 2 aromatic carbocycles. The number of fused-ring (bicyclic) bond motifs is 1. The van der Waals surface area contributed by atoms with Crippen molar-refractivity contribution in [2.24, 2.45) is 5.92 Å². The van der Waals surface area contributed by atoms with Gasteiger partial charge >= 0.3 is 12.2 Å². The molecule has 1 saturated heterocycles. The van der Waals surface area contributed by atoms with Gasteiger partial charge in [0.2, 0.25) is 0 Å². The fourth-order valence-electron chi connectivity index (χ4n) is 4.51. The molecule has 0 unspecified atom stereocenters. The number of halogens is 3. The molecule has 0 saturated carbocycles. The summed E-state index contributed by atoms with van der Waals surface area (Å²) in [5.41, 5.74) is 1.75. The van der Waals surface area contributed by atoms with Crippen LogP contribution in [0.4, 0.5) is 23.7 Å². The number of hydrogen-bond donors (Lipinski definition) is 1. The summed E-state index contributed by atoms with van der Waals surface area (Å²) in [4.78, 5) is 16.8. The molecule has 2 heterocycles. The highest BCUT2D eigenvalue weighted by molar-refractivity contribution is 5.90. The van der Waals surface area contributed by atoms with Crippen molar-refractivity contribution in [2.45, 2.75) is 32.0 Å². The van der Waals surface area contributed by atoms with Gasteiger partial charge in [-0.05, 0) is 48.4 Å². The lowest BCUT2D eigenvalue weighted by Crippen LogP contribution is -2.46. The standard InChI is InChI=1S/C23H26F3N3O/c24-23(25,26)20-9-3-4-10-21(20)27-22(30)29-12-5-6-17(15-29)14-28-13-11-18-7-1-2-8-19(18)16-28/h1-4,7-10,17H,5-6,11-16H2,(H,27,30)/t17-/m1/s1. The van der Waals surface area contributed by atoms with E-state index in [1.54, 1.807) is 4.90 Å². The number of hydrogen-bond acceptors (Lipinski definition) is 2. The zero-order valence-corrected chi connectivity index (χ0v) is 16.8. The highest BCUT2D eigenvalue weighted by atomic mass is 19.4. The number of piperidine rings is 1. The van der Waals surface area contributed by atoms with Gasteiger partial charge in [0.25, 0.3) is 0 Å². The number of rotatable bonds is 3. The Balaban J connectivity index is 1.36. The SMILES string of the molecule is O=C(Nc1ccccc1C(F)(F)F)N1CCC[C@H](CN2CCc3ccccc3C2)C1. The van der Waals surface area contributed by atoms with Gasteiger partial charge in [0, 0.05) is 32.7 Å². The number of alkyl halides is 3. The van der Waals surface area contributed by atoms with Crippen molar-refractivity contribution in [1.82, 2.24) is 9.80 Å². The first-order chi connectivity index (χ1) is 14.4. The van der Waals surface area contributed by atoms with Crippen molar-refractivity contribution in [3.05, 3.63) is 65.2 Å². The summed E-state index contributed by atoms with van der Waals surface area (Å²) in [5, 5.41) is 2.48. The molecule has 4 nitrogen and oxygen atoms in total. The zero-order valence-electron chi connectivity index (χ0n) is 16.8. The first-order valence-electron chi connectivity index (χ1n) is 10.4. The number of amides is 2. The van der Waals surface area contributed by atoms with Crippen molar-refractivity contribution in [3.63, 3.8) is 0 Å². The third-order valence-electron chi connectivity index (χ3n) is 6.01. The van der Waals surface area contributed by atoms with Gasteiger partial charge in [-0.1, -0.05) is 36.4 Å². The quantitative estimate of drug-likeness (QED) is 0.762. The lowest BCUT2D eigenvalue weighted by atomic mass is 9.95. The van der Waals surface area contributed by atoms with E-state index in [4.69, 9.17) is 0 Å². The van der Waals surface area contributed by atoms with Gasteiger partial charge in [-0.15, -0.1) is 0 Å². The first kappa shape index (κ1) is 20.7. The van der Waals surface area contributed by atoms with Gasteiger partial charge in [0.15, 0.2) is 0 Å². The molecule has 4 rings (SSSR count). The van der Waals surface area contributed by atoms with Gasteiger partial charge in [0.1, 0.15) is 0 Å². The molecule has 30 heavy (non-hydrogen) atoms. The summed E-state index contributed by atoms with van der Waals surface area (Å²) in [6, 6.07) is 13.1. The Kier molecular flexibility index (Phi) is 5.99. The van der Waals surface area contributed by atoms with Crippen LogP contribution in [0.1, 0.15) is 29.5 Å². The molecular weight excluding hydrogens is 391 g/mol. The summed E-state index contributed by atoms with van der Waals surface area (Å²) in [6.07, 6.45) is -1.58. The summed E-state index contributed by atoms with van der Waals surface area (Å²) in [5.74, 6) is 0.327. The van der Waals surface area contributed by atoms with Crippen LogP contribution < -0.4 is 5.32 Å². The Morgan fingerprint density at radius 1 is 1.03 bits per heavy atom. The van der Waals surface area contributed by atoms with Crippen LogP contribution in [0.25, 0.3) is 0 Å². The Labute approximate surface area is 174 Å².